The van der Waals surface area contributed by atoms with Crippen molar-refractivity contribution in [2.75, 3.05) is 11.9 Å². The van der Waals surface area contributed by atoms with Crippen LogP contribution in [0.1, 0.15) is 85.4 Å². The highest BCUT2D eigenvalue weighted by Gasteiger charge is 2.19. The molecule has 2 N–H and O–H groups in total. The van der Waals surface area contributed by atoms with E-state index in [2.05, 4.69) is 10.6 Å². The summed E-state index contributed by atoms with van der Waals surface area (Å²) >= 11 is 0. The lowest BCUT2D eigenvalue weighted by Crippen LogP contribution is -2.30. The van der Waals surface area contributed by atoms with E-state index in [1.165, 1.54) is 0 Å². The molecule has 174 valence electrons. The summed E-state index contributed by atoms with van der Waals surface area (Å²) in [6, 6.07) is 15.7. The van der Waals surface area contributed by atoms with Gasteiger partial charge >= 0.3 is 0 Å². The number of carbonyl (C=O) groups is 2. The van der Waals surface area contributed by atoms with Crippen LogP contribution in [0.25, 0.3) is 0 Å². The Morgan fingerprint density at radius 1 is 0.719 bits per heavy atom. The minimum absolute atomic E-state index is 0.00384. The first-order valence-corrected chi connectivity index (χ1v) is 11.5. The Labute approximate surface area is 189 Å². The largest absolute Gasteiger partial charge is 0.385 e. The van der Waals surface area contributed by atoms with Crippen LogP contribution in [0.4, 0.5) is 14.5 Å². The fourth-order valence-electron chi connectivity index (χ4n) is 3.43. The summed E-state index contributed by atoms with van der Waals surface area (Å²) in [7, 11) is 0. The number of hydrogen-bond acceptors (Lipinski definition) is 3. The third kappa shape index (κ3) is 10.5. The van der Waals surface area contributed by atoms with Gasteiger partial charge in [-0.2, -0.15) is 0 Å². The Bertz CT molecular complexity index is 818. The summed E-state index contributed by atoms with van der Waals surface area (Å²) in [5, 5.41) is 5.74. The maximum Gasteiger partial charge on any atom is 0.258 e. The molecule has 32 heavy (non-hydrogen) atoms. The number of benzene rings is 2. The van der Waals surface area contributed by atoms with Gasteiger partial charge in [0.15, 0.2) is 0 Å². The molecule has 0 heterocycles. The van der Waals surface area contributed by atoms with Crippen molar-refractivity contribution < 1.29 is 18.4 Å². The molecule has 0 fully saturated rings. The van der Waals surface area contributed by atoms with Crippen molar-refractivity contribution in [3.8, 4) is 0 Å². The maximum absolute atomic E-state index is 12.7. The Balaban J connectivity index is 1.54. The highest BCUT2D eigenvalue weighted by molar-refractivity contribution is 6.10. The highest BCUT2D eigenvalue weighted by atomic mass is 19.3. The monoisotopic (exact) mass is 444 g/mol. The van der Waals surface area contributed by atoms with Crippen molar-refractivity contribution in [3.63, 3.8) is 0 Å². The normalized spacial score (nSPS) is 11.2. The van der Waals surface area contributed by atoms with Crippen molar-refractivity contribution >= 4 is 17.5 Å². The molecule has 0 aliphatic heterocycles. The number of hydrogen-bond donors (Lipinski definition) is 2. The summed E-state index contributed by atoms with van der Waals surface area (Å²) in [5.41, 5.74) is 1.81. The van der Waals surface area contributed by atoms with Crippen LogP contribution in [0, 0.1) is 0 Å². The van der Waals surface area contributed by atoms with E-state index in [1.807, 2.05) is 18.2 Å². The van der Waals surface area contributed by atoms with Crippen molar-refractivity contribution in [3.05, 3.63) is 65.7 Å². The standard InChI is InChI=1S/C26H34F2N2O2/c1-26(27,28)19-11-6-4-2-3-5-7-12-20-29-23-17-15-22(16-18-23)25(32)30-24(31)21-13-9-8-10-14-21/h8-10,13-18,29H,2-7,11-12,19-20H2,1H3,(H,30,31,32). The van der Waals surface area contributed by atoms with E-state index in [0.29, 0.717) is 17.5 Å². The summed E-state index contributed by atoms with van der Waals surface area (Å²) < 4.78 is 25.4. The van der Waals surface area contributed by atoms with Crippen molar-refractivity contribution in [2.45, 2.75) is 70.6 Å². The number of halogens is 2. The molecule has 2 amide bonds. The van der Waals surface area contributed by atoms with Crippen molar-refractivity contribution in [1.29, 1.82) is 0 Å². The molecular formula is C26H34F2N2O2. The van der Waals surface area contributed by atoms with Gasteiger partial charge in [-0.1, -0.05) is 56.7 Å². The predicted molar refractivity (Wildman–Crippen MR) is 125 cm³/mol. The molecule has 2 aromatic rings. The summed E-state index contributed by atoms with van der Waals surface area (Å²) in [6.45, 7) is 1.84. The molecule has 0 aromatic heterocycles. The van der Waals surface area contributed by atoms with Crippen LogP contribution in [0.2, 0.25) is 0 Å². The lowest BCUT2D eigenvalue weighted by atomic mass is 10.1. The number of carbonyl (C=O) groups excluding carboxylic acids is 2. The van der Waals surface area contributed by atoms with E-state index in [1.54, 1.807) is 36.4 Å². The number of anilines is 1. The summed E-state index contributed by atoms with van der Waals surface area (Å²) in [6.07, 6.45) is 8.11. The molecule has 2 rings (SSSR count). The van der Waals surface area contributed by atoms with Crippen LogP contribution in [-0.2, 0) is 0 Å². The fourth-order valence-corrected chi connectivity index (χ4v) is 3.43. The van der Waals surface area contributed by atoms with Gasteiger partial charge in [-0.15, -0.1) is 0 Å². The Morgan fingerprint density at radius 2 is 1.22 bits per heavy atom. The third-order valence-electron chi connectivity index (χ3n) is 5.28. The summed E-state index contributed by atoms with van der Waals surface area (Å²) in [5.74, 6) is -3.37. The van der Waals surface area contributed by atoms with E-state index in [-0.39, 0.29) is 6.42 Å². The second kappa shape index (κ2) is 13.6. The number of unbranched alkanes of at least 4 members (excludes halogenated alkanes) is 7. The van der Waals surface area contributed by atoms with Crippen LogP contribution < -0.4 is 10.6 Å². The molecule has 0 saturated carbocycles. The molecule has 0 bridgehead atoms. The van der Waals surface area contributed by atoms with E-state index < -0.39 is 17.7 Å². The molecule has 0 aliphatic rings. The number of alkyl halides is 2. The van der Waals surface area contributed by atoms with Crippen LogP contribution in [0.3, 0.4) is 0 Å². The SMILES string of the molecule is CC(F)(F)CCCCCCCCCCNc1ccc(C(=O)NC(=O)c2ccccc2)cc1. The van der Waals surface area contributed by atoms with Crippen molar-refractivity contribution in [1.82, 2.24) is 5.32 Å². The van der Waals surface area contributed by atoms with E-state index >= 15 is 0 Å². The van der Waals surface area contributed by atoms with Crippen LogP contribution in [0.15, 0.2) is 54.6 Å². The zero-order chi connectivity index (χ0) is 23.2. The van der Waals surface area contributed by atoms with E-state index in [9.17, 15) is 18.4 Å². The van der Waals surface area contributed by atoms with Gasteiger partial charge in [0.05, 0.1) is 0 Å². The minimum atomic E-state index is -2.53. The molecule has 2 aromatic carbocycles. The lowest BCUT2D eigenvalue weighted by Gasteiger charge is -2.09. The fraction of sp³-hybridized carbons (Fsp3) is 0.462. The van der Waals surface area contributed by atoms with Crippen molar-refractivity contribution in [2.24, 2.45) is 0 Å². The van der Waals surface area contributed by atoms with Gasteiger partial charge in [-0.25, -0.2) is 8.78 Å². The molecule has 0 atom stereocenters. The second-order valence-electron chi connectivity index (χ2n) is 8.30. The van der Waals surface area contributed by atoms with E-state index in [4.69, 9.17) is 0 Å². The molecule has 4 nitrogen and oxygen atoms in total. The lowest BCUT2D eigenvalue weighted by molar-refractivity contribution is 0.0103. The van der Waals surface area contributed by atoms with Gasteiger partial charge in [0.25, 0.3) is 11.8 Å². The maximum atomic E-state index is 12.7. The minimum Gasteiger partial charge on any atom is -0.385 e. The topological polar surface area (TPSA) is 58.2 Å². The molecule has 6 heteroatoms. The molecule has 0 aliphatic carbocycles. The van der Waals surface area contributed by atoms with Crippen LogP contribution in [0.5, 0.6) is 0 Å². The molecule has 0 radical (unpaired) electrons. The molecule has 0 spiro atoms. The first kappa shape index (κ1) is 25.5. The highest BCUT2D eigenvalue weighted by Crippen LogP contribution is 2.21. The molecule has 0 unspecified atom stereocenters. The number of nitrogens with one attached hydrogen (secondary N) is 2. The molecular weight excluding hydrogens is 410 g/mol. The average Bonchev–Trinajstić information content (AvgIpc) is 2.77. The Hall–Kier alpha value is -2.76. The molecule has 0 saturated heterocycles. The zero-order valence-electron chi connectivity index (χ0n) is 18.8. The average molecular weight is 445 g/mol. The van der Waals surface area contributed by atoms with Gasteiger partial charge in [-0.05, 0) is 56.2 Å². The third-order valence-corrected chi connectivity index (χ3v) is 5.28. The number of imide groups is 1. The number of amides is 2. The van der Waals surface area contributed by atoms with Gasteiger partial charge < -0.3 is 5.32 Å². The van der Waals surface area contributed by atoms with Crippen LogP contribution in [-0.4, -0.2) is 24.3 Å². The van der Waals surface area contributed by atoms with Gasteiger partial charge in [0.2, 0.25) is 5.92 Å². The Morgan fingerprint density at radius 3 is 1.78 bits per heavy atom. The zero-order valence-corrected chi connectivity index (χ0v) is 18.8. The van der Waals surface area contributed by atoms with Gasteiger partial charge in [0, 0.05) is 29.8 Å². The predicted octanol–water partition coefficient (Wildman–Crippen LogP) is 6.83. The van der Waals surface area contributed by atoms with E-state index in [0.717, 1.165) is 64.1 Å². The van der Waals surface area contributed by atoms with Crippen LogP contribution >= 0.6 is 0 Å². The first-order valence-electron chi connectivity index (χ1n) is 11.5. The van der Waals surface area contributed by atoms with Gasteiger partial charge in [-0.3, -0.25) is 14.9 Å². The van der Waals surface area contributed by atoms with Gasteiger partial charge in [0.1, 0.15) is 0 Å². The second-order valence-corrected chi connectivity index (χ2v) is 8.30. The first-order chi connectivity index (χ1) is 15.3. The smallest absolute Gasteiger partial charge is 0.258 e. The number of rotatable bonds is 14. The summed E-state index contributed by atoms with van der Waals surface area (Å²) in [4.78, 5) is 24.3. The Kier molecular flexibility index (Phi) is 10.8. The quantitative estimate of drug-likeness (QED) is 0.248.